The second-order valence-corrected chi connectivity index (χ2v) is 8.23. The Balaban J connectivity index is 1.39. The van der Waals surface area contributed by atoms with Crippen LogP contribution >= 0.6 is 0 Å². The molecule has 154 valence electrons. The van der Waals surface area contributed by atoms with Crippen LogP contribution in [-0.4, -0.2) is 66.6 Å². The number of amides is 1. The number of rotatable bonds is 5. The van der Waals surface area contributed by atoms with E-state index in [9.17, 15) is 4.79 Å². The van der Waals surface area contributed by atoms with Gasteiger partial charge in [-0.1, -0.05) is 24.3 Å². The third-order valence-corrected chi connectivity index (χ3v) is 6.43. The zero-order valence-electron chi connectivity index (χ0n) is 17.0. The van der Waals surface area contributed by atoms with E-state index in [1.807, 2.05) is 9.47 Å². The molecule has 3 atom stereocenters. The lowest BCUT2D eigenvalue weighted by Crippen LogP contribution is -2.37. The van der Waals surface area contributed by atoms with Crippen molar-refractivity contribution in [2.75, 3.05) is 26.2 Å². The first-order valence-electron chi connectivity index (χ1n) is 10.4. The molecule has 8 nitrogen and oxygen atoms in total. The highest BCUT2D eigenvalue weighted by atomic mass is 16.2. The number of benzene rings is 1. The molecule has 2 fully saturated rings. The molecule has 1 amide bonds. The van der Waals surface area contributed by atoms with E-state index in [0.717, 1.165) is 32.7 Å². The number of aromatic nitrogens is 5. The van der Waals surface area contributed by atoms with Gasteiger partial charge in [0.25, 0.3) is 5.91 Å². The lowest BCUT2D eigenvalue weighted by molar-refractivity contribution is 0.0693. The summed E-state index contributed by atoms with van der Waals surface area (Å²) in [7, 11) is 0. The van der Waals surface area contributed by atoms with Crippen molar-refractivity contribution in [2.45, 2.75) is 19.5 Å². The number of hydrogen-bond acceptors (Lipinski definition) is 6. The predicted octanol–water partition coefficient (Wildman–Crippen LogP) is 1.82. The second kappa shape index (κ2) is 7.95. The summed E-state index contributed by atoms with van der Waals surface area (Å²) in [6.07, 6.45) is 8.26. The summed E-state index contributed by atoms with van der Waals surface area (Å²) in [6, 6.07) is 8.48. The Bertz CT molecular complexity index is 1010. The third kappa shape index (κ3) is 3.47. The molecule has 0 N–H and O–H groups in total. The summed E-state index contributed by atoms with van der Waals surface area (Å²) in [6.45, 7) is 6.71. The van der Waals surface area contributed by atoms with E-state index < -0.39 is 0 Å². The minimum absolute atomic E-state index is 0.0261. The fourth-order valence-corrected chi connectivity index (χ4v) is 5.00. The Labute approximate surface area is 175 Å². The highest BCUT2D eigenvalue weighted by Gasteiger charge is 2.49. The molecule has 8 heteroatoms. The standard InChI is InChI=1S/C22H25N7O/c1-16-4-2-3-5-18(16)21-19-13-27(8-9-28-14-25-26-15-28)11-17(19)12-29(21)22(30)20-10-23-6-7-24-20/h2-7,10,14-15,17,19,21H,8-9,11-13H2,1H3/t17-,19-,21-/m0/s1. The fourth-order valence-electron chi connectivity index (χ4n) is 5.00. The summed E-state index contributed by atoms with van der Waals surface area (Å²) in [5.41, 5.74) is 2.88. The number of likely N-dealkylation sites (tertiary alicyclic amines) is 2. The number of hydrogen-bond donors (Lipinski definition) is 0. The molecule has 0 saturated carbocycles. The Hall–Kier alpha value is -3.13. The summed E-state index contributed by atoms with van der Waals surface area (Å²) < 4.78 is 2.01. The van der Waals surface area contributed by atoms with E-state index >= 15 is 0 Å². The van der Waals surface area contributed by atoms with Crippen molar-refractivity contribution in [1.29, 1.82) is 0 Å². The van der Waals surface area contributed by atoms with Crippen LogP contribution in [0.5, 0.6) is 0 Å². The lowest BCUT2D eigenvalue weighted by atomic mass is 9.87. The first-order valence-corrected chi connectivity index (χ1v) is 10.4. The number of carbonyl (C=O) groups excluding carboxylic acids is 1. The highest BCUT2D eigenvalue weighted by Crippen LogP contribution is 2.46. The molecular formula is C22H25N7O. The molecule has 5 rings (SSSR count). The van der Waals surface area contributed by atoms with Gasteiger partial charge in [-0.05, 0) is 24.0 Å². The molecule has 30 heavy (non-hydrogen) atoms. The largest absolute Gasteiger partial charge is 0.330 e. The zero-order chi connectivity index (χ0) is 20.5. The Kier molecular flexibility index (Phi) is 5.00. The van der Waals surface area contributed by atoms with Crippen LogP contribution < -0.4 is 0 Å². The minimum atomic E-state index is -0.0261. The average molecular weight is 403 g/mol. The normalized spacial score (nSPS) is 23.6. The number of nitrogens with zero attached hydrogens (tertiary/aromatic N) is 7. The van der Waals surface area contributed by atoms with Gasteiger partial charge in [0.05, 0.1) is 12.2 Å². The maximum atomic E-state index is 13.3. The number of carbonyl (C=O) groups is 1. The van der Waals surface area contributed by atoms with Gasteiger partial charge in [0.15, 0.2) is 0 Å². The van der Waals surface area contributed by atoms with Crippen molar-refractivity contribution in [2.24, 2.45) is 11.8 Å². The second-order valence-electron chi connectivity index (χ2n) is 8.23. The van der Waals surface area contributed by atoms with Gasteiger partial charge in [-0.2, -0.15) is 0 Å². The van der Waals surface area contributed by atoms with Gasteiger partial charge in [-0.25, -0.2) is 4.98 Å². The molecule has 4 heterocycles. The molecule has 2 aliphatic rings. The van der Waals surface area contributed by atoms with Gasteiger partial charge in [0.1, 0.15) is 18.3 Å². The highest BCUT2D eigenvalue weighted by molar-refractivity contribution is 5.92. The first-order chi connectivity index (χ1) is 14.7. The number of fused-ring (bicyclic) bond motifs is 1. The van der Waals surface area contributed by atoms with Crippen LogP contribution in [0, 0.1) is 18.8 Å². The van der Waals surface area contributed by atoms with Crippen molar-refractivity contribution in [3.63, 3.8) is 0 Å². The van der Waals surface area contributed by atoms with Crippen LogP contribution in [0.15, 0.2) is 55.5 Å². The summed E-state index contributed by atoms with van der Waals surface area (Å²) in [4.78, 5) is 26.2. The van der Waals surface area contributed by atoms with E-state index in [-0.39, 0.29) is 11.9 Å². The van der Waals surface area contributed by atoms with Crippen LogP contribution in [0.2, 0.25) is 0 Å². The molecule has 3 aromatic rings. The molecule has 0 unspecified atom stereocenters. The van der Waals surface area contributed by atoms with Gasteiger partial charge in [-0.3, -0.25) is 9.78 Å². The van der Waals surface area contributed by atoms with Crippen molar-refractivity contribution in [1.82, 2.24) is 34.5 Å². The SMILES string of the molecule is Cc1ccccc1[C@H]1[C@H]2CN(CCn3cnnc3)C[C@H]2CN1C(=O)c1cnccn1. The molecule has 2 aromatic heterocycles. The maximum absolute atomic E-state index is 13.3. The van der Waals surface area contributed by atoms with Gasteiger partial charge in [0, 0.05) is 51.0 Å². The summed E-state index contributed by atoms with van der Waals surface area (Å²) in [5.74, 6) is 0.838. The van der Waals surface area contributed by atoms with E-state index in [1.165, 1.54) is 11.1 Å². The molecule has 0 aliphatic carbocycles. The summed E-state index contributed by atoms with van der Waals surface area (Å²) in [5, 5.41) is 7.77. The fraction of sp³-hybridized carbons (Fsp3) is 0.409. The van der Waals surface area contributed by atoms with Gasteiger partial charge >= 0.3 is 0 Å². The monoisotopic (exact) mass is 403 g/mol. The maximum Gasteiger partial charge on any atom is 0.274 e. The van der Waals surface area contributed by atoms with Crippen LogP contribution in [0.3, 0.4) is 0 Å². The molecular weight excluding hydrogens is 378 g/mol. The van der Waals surface area contributed by atoms with Gasteiger partial charge < -0.3 is 14.4 Å². The van der Waals surface area contributed by atoms with Crippen LogP contribution in [-0.2, 0) is 6.54 Å². The Morgan fingerprint density at radius 2 is 1.90 bits per heavy atom. The van der Waals surface area contributed by atoms with E-state index in [4.69, 9.17) is 0 Å². The molecule has 0 radical (unpaired) electrons. The minimum Gasteiger partial charge on any atom is -0.330 e. The smallest absolute Gasteiger partial charge is 0.274 e. The molecule has 2 aliphatic heterocycles. The van der Waals surface area contributed by atoms with Crippen molar-refractivity contribution >= 4 is 5.91 Å². The molecule has 0 bridgehead atoms. The molecule has 2 saturated heterocycles. The van der Waals surface area contributed by atoms with E-state index in [1.54, 1.807) is 31.2 Å². The zero-order valence-corrected chi connectivity index (χ0v) is 17.0. The third-order valence-electron chi connectivity index (χ3n) is 6.43. The van der Waals surface area contributed by atoms with Crippen LogP contribution in [0.1, 0.15) is 27.7 Å². The first kappa shape index (κ1) is 18.9. The molecule has 0 spiro atoms. The van der Waals surface area contributed by atoms with Crippen LogP contribution in [0.25, 0.3) is 0 Å². The average Bonchev–Trinajstić information content (AvgIpc) is 3.49. The van der Waals surface area contributed by atoms with E-state index in [2.05, 4.69) is 56.3 Å². The van der Waals surface area contributed by atoms with Crippen molar-refractivity contribution in [3.8, 4) is 0 Å². The summed E-state index contributed by atoms with van der Waals surface area (Å²) >= 11 is 0. The van der Waals surface area contributed by atoms with Gasteiger partial charge in [0.2, 0.25) is 0 Å². The Morgan fingerprint density at radius 3 is 2.67 bits per heavy atom. The van der Waals surface area contributed by atoms with Crippen molar-refractivity contribution < 1.29 is 4.79 Å². The topological polar surface area (TPSA) is 80.0 Å². The van der Waals surface area contributed by atoms with Crippen LogP contribution in [0.4, 0.5) is 0 Å². The van der Waals surface area contributed by atoms with Crippen molar-refractivity contribution in [3.05, 3.63) is 72.3 Å². The molecule has 1 aromatic carbocycles. The Morgan fingerprint density at radius 1 is 1.07 bits per heavy atom. The van der Waals surface area contributed by atoms with E-state index in [0.29, 0.717) is 17.5 Å². The predicted molar refractivity (Wildman–Crippen MR) is 110 cm³/mol. The quantitative estimate of drug-likeness (QED) is 0.647. The van der Waals surface area contributed by atoms with Gasteiger partial charge in [-0.15, -0.1) is 10.2 Å². The lowest BCUT2D eigenvalue weighted by Gasteiger charge is -2.30. The number of aryl methyl sites for hydroxylation is 1.